The third-order valence-electron chi connectivity index (χ3n) is 4.19. The Kier molecular flexibility index (Phi) is 7.30. The fraction of sp³-hybridized carbons (Fsp3) is 0.929. The Morgan fingerprint density at radius 3 is 2.55 bits per heavy atom. The molecule has 22 heavy (non-hydrogen) atoms. The molecule has 1 saturated heterocycles. The molecule has 0 spiro atoms. The number of thioether (sulfide) groups is 1. The summed E-state index contributed by atoms with van der Waals surface area (Å²) in [5.41, 5.74) is 0. The number of nitrogens with one attached hydrogen (secondary N) is 2. The lowest BCUT2D eigenvalue weighted by Crippen LogP contribution is -2.47. The summed E-state index contributed by atoms with van der Waals surface area (Å²) in [7, 11) is -1.41. The molecule has 1 aliphatic carbocycles. The van der Waals surface area contributed by atoms with Crippen molar-refractivity contribution in [3.8, 4) is 0 Å². The highest BCUT2D eigenvalue weighted by atomic mass is 32.2. The molecule has 0 aromatic carbocycles. The molecule has 0 aromatic rings. The van der Waals surface area contributed by atoms with E-state index in [1.54, 1.807) is 11.4 Å². The molecule has 128 valence electrons. The van der Waals surface area contributed by atoms with Gasteiger partial charge in [-0.15, -0.1) is 0 Å². The van der Waals surface area contributed by atoms with Crippen molar-refractivity contribution < 1.29 is 8.42 Å². The van der Waals surface area contributed by atoms with E-state index in [9.17, 15) is 8.42 Å². The standard InChI is InChI=1S/C14H28N4O2S2/c1-15-14(17-13-5-3-2-4-6-13)16-7-12-22(19,20)18-8-10-21-11-9-18/h13H,2-12H2,1H3,(H2,15,16,17). The lowest BCUT2D eigenvalue weighted by Gasteiger charge is -2.26. The molecule has 2 fully saturated rings. The number of sulfonamides is 1. The van der Waals surface area contributed by atoms with Gasteiger partial charge in [0.2, 0.25) is 10.0 Å². The Labute approximate surface area is 138 Å². The SMILES string of the molecule is CN=C(NCCS(=O)(=O)N1CCSCC1)NC1CCCCC1. The van der Waals surface area contributed by atoms with Gasteiger partial charge >= 0.3 is 0 Å². The summed E-state index contributed by atoms with van der Waals surface area (Å²) >= 11 is 1.82. The van der Waals surface area contributed by atoms with Crippen molar-refractivity contribution in [2.24, 2.45) is 4.99 Å². The van der Waals surface area contributed by atoms with Crippen molar-refractivity contribution in [2.75, 3.05) is 43.9 Å². The van der Waals surface area contributed by atoms with Crippen molar-refractivity contribution >= 4 is 27.7 Å². The van der Waals surface area contributed by atoms with Gasteiger partial charge in [-0.05, 0) is 12.8 Å². The van der Waals surface area contributed by atoms with Gasteiger partial charge in [-0.1, -0.05) is 19.3 Å². The summed E-state index contributed by atoms with van der Waals surface area (Å²) in [6.07, 6.45) is 6.18. The van der Waals surface area contributed by atoms with Crippen LogP contribution in [0.15, 0.2) is 4.99 Å². The van der Waals surface area contributed by atoms with Crippen LogP contribution in [0.25, 0.3) is 0 Å². The monoisotopic (exact) mass is 348 g/mol. The van der Waals surface area contributed by atoms with Gasteiger partial charge in [0.05, 0.1) is 5.75 Å². The molecule has 8 heteroatoms. The molecule has 2 N–H and O–H groups in total. The Balaban J connectivity index is 1.73. The average Bonchev–Trinajstić information content (AvgIpc) is 2.55. The van der Waals surface area contributed by atoms with Gasteiger partial charge in [0.1, 0.15) is 0 Å². The average molecular weight is 349 g/mol. The van der Waals surface area contributed by atoms with E-state index >= 15 is 0 Å². The molecular weight excluding hydrogens is 320 g/mol. The van der Waals surface area contributed by atoms with Crippen LogP contribution in [0.5, 0.6) is 0 Å². The van der Waals surface area contributed by atoms with Crippen molar-refractivity contribution in [1.29, 1.82) is 0 Å². The number of hydrogen-bond donors (Lipinski definition) is 2. The quantitative estimate of drug-likeness (QED) is 0.569. The molecule has 6 nitrogen and oxygen atoms in total. The number of rotatable bonds is 5. The zero-order chi connectivity index (χ0) is 15.8. The van der Waals surface area contributed by atoms with Crippen molar-refractivity contribution in [3.63, 3.8) is 0 Å². The third-order valence-corrected chi connectivity index (χ3v) is 7.00. The molecule has 2 aliphatic rings. The lowest BCUT2D eigenvalue weighted by molar-refractivity contribution is 0.410. The summed E-state index contributed by atoms with van der Waals surface area (Å²) in [6.45, 7) is 1.68. The first-order valence-corrected chi connectivity index (χ1v) is 10.9. The molecule has 0 unspecified atom stereocenters. The first kappa shape index (κ1) is 17.9. The molecule has 0 bridgehead atoms. The summed E-state index contributed by atoms with van der Waals surface area (Å²) < 4.78 is 26.1. The number of aliphatic imine (C=N–C) groups is 1. The van der Waals surface area contributed by atoms with E-state index in [-0.39, 0.29) is 5.75 Å². The zero-order valence-corrected chi connectivity index (χ0v) is 15.0. The Hall–Kier alpha value is -0.470. The third kappa shape index (κ3) is 5.62. The van der Waals surface area contributed by atoms with Gasteiger partial charge in [0, 0.05) is 44.2 Å². The van der Waals surface area contributed by atoms with Gasteiger partial charge in [-0.2, -0.15) is 11.8 Å². The van der Waals surface area contributed by atoms with E-state index in [0.717, 1.165) is 17.5 Å². The molecular formula is C14H28N4O2S2. The van der Waals surface area contributed by atoms with E-state index < -0.39 is 10.0 Å². The molecule has 2 rings (SSSR count). The maximum atomic E-state index is 12.3. The predicted octanol–water partition coefficient (Wildman–Crippen LogP) is 0.863. The van der Waals surface area contributed by atoms with Crippen LogP contribution in [-0.4, -0.2) is 68.7 Å². The Morgan fingerprint density at radius 1 is 1.23 bits per heavy atom. The molecule has 0 aromatic heterocycles. The van der Waals surface area contributed by atoms with E-state index in [0.29, 0.717) is 25.7 Å². The molecule has 0 amide bonds. The fourth-order valence-corrected chi connectivity index (χ4v) is 5.38. The van der Waals surface area contributed by atoms with Crippen molar-refractivity contribution in [2.45, 2.75) is 38.1 Å². The maximum absolute atomic E-state index is 12.3. The smallest absolute Gasteiger partial charge is 0.215 e. The summed E-state index contributed by atoms with van der Waals surface area (Å²) in [4.78, 5) is 4.20. The topological polar surface area (TPSA) is 73.8 Å². The van der Waals surface area contributed by atoms with Gasteiger partial charge in [0.15, 0.2) is 5.96 Å². The van der Waals surface area contributed by atoms with Gasteiger partial charge in [-0.3, -0.25) is 4.99 Å². The number of guanidine groups is 1. The van der Waals surface area contributed by atoms with Gasteiger partial charge in [-0.25, -0.2) is 12.7 Å². The second-order valence-corrected chi connectivity index (χ2v) is 9.12. The number of hydrogen-bond acceptors (Lipinski definition) is 4. The van der Waals surface area contributed by atoms with Gasteiger partial charge in [0.25, 0.3) is 0 Å². The molecule has 1 aliphatic heterocycles. The molecule has 0 radical (unpaired) electrons. The minimum absolute atomic E-state index is 0.128. The normalized spacial score (nSPS) is 22.5. The van der Waals surface area contributed by atoms with Crippen LogP contribution in [0.1, 0.15) is 32.1 Å². The van der Waals surface area contributed by atoms with Crippen LogP contribution in [0, 0.1) is 0 Å². The van der Waals surface area contributed by atoms with Crippen LogP contribution in [0.3, 0.4) is 0 Å². The first-order valence-electron chi connectivity index (χ1n) is 8.14. The largest absolute Gasteiger partial charge is 0.355 e. The van der Waals surface area contributed by atoms with Crippen LogP contribution in [0.4, 0.5) is 0 Å². The van der Waals surface area contributed by atoms with E-state index in [1.807, 2.05) is 11.8 Å². The summed E-state index contributed by atoms with van der Waals surface area (Å²) in [6, 6.07) is 0.468. The van der Waals surface area contributed by atoms with Crippen LogP contribution >= 0.6 is 11.8 Å². The summed E-state index contributed by atoms with van der Waals surface area (Å²) in [5.74, 6) is 2.65. The Bertz CT molecular complexity index is 455. The predicted molar refractivity (Wildman–Crippen MR) is 94.1 cm³/mol. The highest BCUT2D eigenvalue weighted by molar-refractivity contribution is 7.99. The molecule has 1 saturated carbocycles. The molecule has 1 heterocycles. The second kappa shape index (κ2) is 8.98. The van der Waals surface area contributed by atoms with E-state index in [4.69, 9.17) is 0 Å². The van der Waals surface area contributed by atoms with E-state index in [2.05, 4.69) is 15.6 Å². The van der Waals surface area contributed by atoms with Crippen molar-refractivity contribution in [3.05, 3.63) is 0 Å². The van der Waals surface area contributed by atoms with Crippen LogP contribution < -0.4 is 10.6 Å². The minimum Gasteiger partial charge on any atom is -0.355 e. The van der Waals surface area contributed by atoms with E-state index in [1.165, 1.54) is 32.1 Å². The lowest BCUT2D eigenvalue weighted by atomic mass is 9.96. The fourth-order valence-electron chi connectivity index (χ4n) is 2.89. The molecule has 0 atom stereocenters. The second-order valence-electron chi connectivity index (χ2n) is 5.81. The number of nitrogens with zero attached hydrogens (tertiary/aromatic N) is 2. The van der Waals surface area contributed by atoms with Crippen molar-refractivity contribution in [1.82, 2.24) is 14.9 Å². The highest BCUT2D eigenvalue weighted by Crippen LogP contribution is 2.17. The van der Waals surface area contributed by atoms with Crippen LogP contribution in [-0.2, 0) is 10.0 Å². The summed E-state index contributed by atoms with van der Waals surface area (Å²) in [5, 5.41) is 6.54. The zero-order valence-electron chi connectivity index (χ0n) is 13.4. The van der Waals surface area contributed by atoms with Crippen LogP contribution in [0.2, 0.25) is 0 Å². The maximum Gasteiger partial charge on any atom is 0.215 e. The first-order chi connectivity index (χ1) is 10.6. The Morgan fingerprint density at radius 2 is 1.91 bits per heavy atom. The highest BCUT2D eigenvalue weighted by Gasteiger charge is 2.23. The van der Waals surface area contributed by atoms with Gasteiger partial charge < -0.3 is 10.6 Å². The minimum atomic E-state index is -3.15.